The van der Waals surface area contributed by atoms with E-state index in [9.17, 15) is 4.21 Å². The molecule has 1 atom stereocenters. The summed E-state index contributed by atoms with van der Waals surface area (Å²) in [5.41, 5.74) is 7.40. The van der Waals surface area contributed by atoms with E-state index < -0.39 is 10.8 Å². The van der Waals surface area contributed by atoms with Crippen molar-refractivity contribution in [3.05, 3.63) is 63.1 Å². The van der Waals surface area contributed by atoms with E-state index in [0.717, 1.165) is 20.5 Å². The first-order chi connectivity index (χ1) is 9.10. The van der Waals surface area contributed by atoms with Gasteiger partial charge in [-0.3, -0.25) is 4.21 Å². The molecule has 2 N–H and O–H groups in total. The molecule has 0 aliphatic carbocycles. The van der Waals surface area contributed by atoms with Crippen molar-refractivity contribution in [3.63, 3.8) is 0 Å². The summed E-state index contributed by atoms with van der Waals surface area (Å²) >= 11 is 9.52. The van der Waals surface area contributed by atoms with E-state index in [0.29, 0.717) is 17.3 Å². The molecule has 2 aromatic carbocycles. The van der Waals surface area contributed by atoms with Gasteiger partial charge in [0.1, 0.15) is 0 Å². The molecular formula is C14H13BrClNOS. The minimum Gasteiger partial charge on any atom is -0.326 e. The summed E-state index contributed by atoms with van der Waals surface area (Å²) in [6.07, 6.45) is 0. The quantitative estimate of drug-likeness (QED) is 0.901. The second kappa shape index (κ2) is 6.66. The molecule has 0 saturated heterocycles. The molecule has 0 aliphatic rings. The molecule has 0 aliphatic heterocycles. The van der Waals surface area contributed by atoms with Crippen molar-refractivity contribution in [1.29, 1.82) is 0 Å². The first kappa shape index (κ1) is 14.7. The molecule has 2 nitrogen and oxygen atoms in total. The average Bonchev–Trinajstić information content (AvgIpc) is 2.41. The third-order valence-corrected chi connectivity index (χ3v) is 4.97. The Hall–Kier alpha value is -0.680. The molecule has 0 aromatic heterocycles. The van der Waals surface area contributed by atoms with Crippen LogP contribution in [0.25, 0.3) is 0 Å². The zero-order chi connectivity index (χ0) is 13.8. The van der Waals surface area contributed by atoms with Crippen LogP contribution in [0.15, 0.2) is 51.8 Å². The Morgan fingerprint density at radius 1 is 1.16 bits per heavy atom. The van der Waals surface area contributed by atoms with Gasteiger partial charge in [-0.05, 0) is 41.5 Å². The summed E-state index contributed by atoms with van der Waals surface area (Å²) in [4.78, 5) is 0.794. The standard InChI is InChI=1S/C14H13BrClNOS/c15-12-3-5-13(6-4-12)19(18)9-11-2-1-10(8-17)7-14(11)16/h1-7H,8-9,17H2. The second-order valence-corrected chi connectivity index (χ2v) is 6.85. The van der Waals surface area contributed by atoms with E-state index in [1.54, 1.807) is 0 Å². The van der Waals surface area contributed by atoms with Gasteiger partial charge >= 0.3 is 0 Å². The summed E-state index contributed by atoms with van der Waals surface area (Å²) in [5, 5.41) is 0.619. The molecule has 0 amide bonds. The van der Waals surface area contributed by atoms with Crippen LogP contribution in [-0.4, -0.2) is 4.21 Å². The summed E-state index contributed by atoms with van der Waals surface area (Å²) < 4.78 is 13.2. The third kappa shape index (κ3) is 3.89. The van der Waals surface area contributed by atoms with Crippen molar-refractivity contribution < 1.29 is 4.21 Å². The van der Waals surface area contributed by atoms with Gasteiger partial charge in [-0.15, -0.1) is 0 Å². The van der Waals surface area contributed by atoms with Crippen LogP contribution in [0.2, 0.25) is 5.02 Å². The lowest BCUT2D eigenvalue weighted by atomic mass is 10.1. The molecule has 2 aromatic rings. The average molecular weight is 359 g/mol. The molecule has 0 spiro atoms. The molecule has 1 unspecified atom stereocenters. The third-order valence-electron chi connectivity index (χ3n) is 2.72. The maximum atomic E-state index is 12.2. The minimum atomic E-state index is -1.10. The molecule has 5 heteroatoms. The fraction of sp³-hybridized carbons (Fsp3) is 0.143. The summed E-state index contributed by atoms with van der Waals surface area (Å²) in [5.74, 6) is 0.408. The van der Waals surface area contributed by atoms with E-state index >= 15 is 0 Å². The highest BCUT2D eigenvalue weighted by atomic mass is 79.9. The van der Waals surface area contributed by atoms with Gasteiger partial charge in [0.15, 0.2) is 0 Å². The van der Waals surface area contributed by atoms with Gasteiger partial charge in [0.25, 0.3) is 0 Å². The SMILES string of the molecule is NCc1ccc(CS(=O)c2ccc(Br)cc2)c(Cl)c1. The first-order valence-electron chi connectivity index (χ1n) is 5.71. The van der Waals surface area contributed by atoms with Crippen molar-refractivity contribution in [2.75, 3.05) is 0 Å². The van der Waals surface area contributed by atoms with Crippen LogP contribution in [0, 0.1) is 0 Å². The molecule has 19 heavy (non-hydrogen) atoms. The summed E-state index contributed by atoms with van der Waals surface area (Å²) in [6.45, 7) is 0.454. The molecule has 0 heterocycles. The van der Waals surface area contributed by atoms with Crippen LogP contribution in [0.4, 0.5) is 0 Å². The van der Waals surface area contributed by atoms with E-state index in [2.05, 4.69) is 15.9 Å². The molecule has 0 radical (unpaired) electrons. The number of halogens is 2. The number of hydrogen-bond donors (Lipinski definition) is 1. The molecule has 0 bridgehead atoms. The molecule has 0 saturated carbocycles. The zero-order valence-electron chi connectivity index (χ0n) is 10.1. The normalized spacial score (nSPS) is 12.4. The lowest BCUT2D eigenvalue weighted by Gasteiger charge is -2.07. The highest BCUT2D eigenvalue weighted by molar-refractivity contribution is 9.10. The Morgan fingerprint density at radius 2 is 1.84 bits per heavy atom. The number of benzene rings is 2. The van der Waals surface area contributed by atoms with Gasteiger partial charge in [-0.25, -0.2) is 0 Å². The van der Waals surface area contributed by atoms with Crippen molar-refractivity contribution in [2.24, 2.45) is 5.73 Å². The Bertz CT molecular complexity index is 601. The monoisotopic (exact) mass is 357 g/mol. The van der Waals surface area contributed by atoms with E-state index in [1.165, 1.54) is 0 Å². The number of hydrogen-bond acceptors (Lipinski definition) is 2. The lowest BCUT2D eigenvalue weighted by Crippen LogP contribution is -2.00. The smallest absolute Gasteiger partial charge is 0.0574 e. The highest BCUT2D eigenvalue weighted by Gasteiger charge is 2.08. The van der Waals surface area contributed by atoms with Crippen LogP contribution >= 0.6 is 27.5 Å². The van der Waals surface area contributed by atoms with Crippen LogP contribution < -0.4 is 5.73 Å². The van der Waals surface area contributed by atoms with Crippen molar-refractivity contribution in [3.8, 4) is 0 Å². The van der Waals surface area contributed by atoms with Crippen molar-refractivity contribution in [1.82, 2.24) is 0 Å². The Labute approximate surface area is 128 Å². The van der Waals surface area contributed by atoms with Crippen LogP contribution in [-0.2, 0) is 23.1 Å². The van der Waals surface area contributed by atoms with Gasteiger partial charge in [0, 0.05) is 20.9 Å². The lowest BCUT2D eigenvalue weighted by molar-refractivity contribution is 0.682. The zero-order valence-corrected chi connectivity index (χ0v) is 13.3. The fourth-order valence-corrected chi connectivity index (χ4v) is 3.40. The molecular weight excluding hydrogens is 346 g/mol. The van der Waals surface area contributed by atoms with E-state index in [4.69, 9.17) is 17.3 Å². The first-order valence-corrected chi connectivity index (χ1v) is 8.20. The predicted molar refractivity (Wildman–Crippen MR) is 83.6 cm³/mol. The number of rotatable bonds is 4. The Balaban J connectivity index is 2.17. The largest absolute Gasteiger partial charge is 0.326 e. The fourth-order valence-electron chi connectivity index (χ4n) is 1.65. The van der Waals surface area contributed by atoms with E-state index in [-0.39, 0.29) is 0 Å². The van der Waals surface area contributed by atoms with Crippen LogP contribution in [0.1, 0.15) is 11.1 Å². The predicted octanol–water partition coefficient (Wildman–Crippen LogP) is 3.87. The summed E-state index contributed by atoms with van der Waals surface area (Å²) in [7, 11) is -1.10. The molecule has 100 valence electrons. The summed E-state index contributed by atoms with van der Waals surface area (Å²) in [6, 6.07) is 13.1. The minimum absolute atomic E-state index is 0.408. The second-order valence-electron chi connectivity index (χ2n) is 4.07. The van der Waals surface area contributed by atoms with Gasteiger partial charge < -0.3 is 5.73 Å². The molecule has 0 fully saturated rings. The van der Waals surface area contributed by atoms with Crippen LogP contribution in [0.5, 0.6) is 0 Å². The topological polar surface area (TPSA) is 43.1 Å². The van der Waals surface area contributed by atoms with Gasteiger partial charge in [-0.2, -0.15) is 0 Å². The highest BCUT2D eigenvalue weighted by Crippen LogP contribution is 2.22. The van der Waals surface area contributed by atoms with E-state index in [1.807, 2.05) is 42.5 Å². The van der Waals surface area contributed by atoms with Gasteiger partial charge in [-0.1, -0.05) is 39.7 Å². The van der Waals surface area contributed by atoms with Gasteiger partial charge in [0.2, 0.25) is 0 Å². The van der Waals surface area contributed by atoms with Gasteiger partial charge in [0.05, 0.1) is 16.6 Å². The van der Waals surface area contributed by atoms with Crippen molar-refractivity contribution in [2.45, 2.75) is 17.2 Å². The molecule has 2 rings (SSSR count). The number of nitrogens with two attached hydrogens (primary N) is 1. The maximum absolute atomic E-state index is 12.2. The van der Waals surface area contributed by atoms with Crippen LogP contribution in [0.3, 0.4) is 0 Å². The maximum Gasteiger partial charge on any atom is 0.0574 e. The Morgan fingerprint density at radius 3 is 2.42 bits per heavy atom. The Kier molecular flexibility index (Phi) is 5.16. The van der Waals surface area contributed by atoms with Crippen molar-refractivity contribution >= 4 is 38.3 Å².